The number of ether oxygens (including phenoxy) is 1. The largest absolute Gasteiger partial charge is 0.366 e. The highest BCUT2D eigenvalue weighted by molar-refractivity contribution is 7.99. The summed E-state index contributed by atoms with van der Waals surface area (Å²) in [5.74, 6) is 1.65. The molecule has 2 aromatic carbocycles. The molecule has 0 radical (unpaired) electrons. The lowest BCUT2D eigenvalue weighted by atomic mass is 10.1. The van der Waals surface area contributed by atoms with E-state index < -0.39 is 0 Å². The fourth-order valence-electron chi connectivity index (χ4n) is 3.35. The van der Waals surface area contributed by atoms with Crippen LogP contribution in [0.2, 0.25) is 5.02 Å². The van der Waals surface area contributed by atoms with Gasteiger partial charge in [0.15, 0.2) is 5.82 Å². The van der Waals surface area contributed by atoms with E-state index in [0.29, 0.717) is 0 Å². The van der Waals surface area contributed by atoms with E-state index in [4.69, 9.17) is 16.3 Å². The molecule has 0 bridgehead atoms. The van der Waals surface area contributed by atoms with E-state index in [1.165, 1.54) is 16.0 Å². The van der Waals surface area contributed by atoms with Gasteiger partial charge in [0.25, 0.3) is 0 Å². The van der Waals surface area contributed by atoms with Crippen molar-refractivity contribution < 1.29 is 9.64 Å². The lowest BCUT2D eigenvalue weighted by molar-refractivity contribution is -0.924. The molecule has 1 saturated heterocycles. The van der Waals surface area contributed by atoms with Crippen molar-refractivity contribution in [1.29, 1.82) is 0 Å². The average molecular weight is 416 g/mol. The molecule has 146 valence electrons. The molecule has 1 fully saturated rings. The first-order chi connectivity index (χ1) is 13.7. The van der Waals surface area contributed by atoms with Crippen LogP contribution in [-0.2, 0) is 11.3 Å². The van der Waals surface area contributed by atoms with Gasteiger partial charge in [-0.3, -0.25) is 5.10 Å². The number of benzene rings is 2. The second kappa shape index (κ2) is 9.09. The Morgan fingerprint density at radius 1 is 1.21 bits per heavy atom. The molecule has 1 aromatic heterocycles. The summed E-state index contributed by atoms with van der Waals surface area (Å²) in [6, 6.07) is 16.4. The number of H-pyrrole nitrogens is 1. The number of quaternary nitrogens is 1. The molecule has 7 heteroatoms. The van der Waals surface area contributed by atoms with Gasteiger partial charge in [-0.15, -0.1) is 5.10 Å². The third-order valence-corrected chi connectivity index (χ3v) is 6.26. The van der Waals surface area contributed by atoms with Crippen molar-refractivity contribution in [3.05, 3.63) is 64.7 Å². The monoisotopic (exact) mass is 415 g/mol. The minimum Gasteiger partial charge on any atom is -0.366 e. The van der Waals surface area contributed by atoms with Crippen molar-refractivity contribution in [2.45, 2.75) is 24.7 Å². The normalized spacial score (nSPS) is 19.6. The van der Waals surface area contributed by atoms with Gasteiger partial charge in [-0.25, -0.2) is 4.98 Å². The highest BCUT2D eigenvalue weighted by atomic mass is 35.5. The Morgan fingerprint density at radius 3 is 2.86 bits per heavy atom. The Kier molecular flexibility index (Phi) is 6.32. The zero-order valence-electron chi connectivity index (χ0n) is 15.8. The Hall–Kier alpha value is -1.86. The number of aromatic amines is 1. The van der Waals surface area contributed by atoms with Gasteiger partial charge in [-0.2, -0.15) is 0 Å². The van der Waals surface area contributed by atoms with E-state index in [-0.39, 0.29) is 6.10 Å². The van der Waals surface area contributed by atoms with E-state index in [9.17, 15) is 0 Å². The summed E-state index contributed by atoms with van der Waals surface area (Å²) >= 11 is 7.95. The summed E-state index contributed by atoms with van der Waals surface area (Å²) < 4.78 is 5.96. The molecule has 2 atom stereocenters. The van der Waals surface area contributed by atoms with Crippen molar-refractivity contribution in [2.24, 2.45) is 0 Å². The number of aryl methyl sites for hydroxylation is 1. The van der Waals surface area contributed by atoms with Crippen LogP contribution in [0.1, 0.15) is 11.1 Å². The number of halogens is 1. The van der Waals surface area contributed by atoms with Crippen molar-refractivity contribution in [2.75, 3.05) is 25.4 Å². The van der Waals surface area contributed by atoms with Gasteiger partial charge in [0.1, 0.15) is 25.7 Å². The van der Waals surface area contributed by atoms with Gasteiger partial charge in [0, 0.05) is 21.9 Å². The molecular weight excluding hydrogens is 392 g/mol. The van der Waals surface area contributed by atoms with E-state index in [1.807, 2.05) is 18.2 Å². The number of nitrogens with zero attached hydrogens (tertiary/aromatic N) is 2. The maximum Gasteiger partial charge on any atom is 0.208 e. The number of aromatic nitrogens is 3. The zero-order valence-corrected chi connectivity index (χ0v) is 17.4. The highest BCUT2D eigenvalue weighted by Gasteiger charge is 2.25. The summed E-state index contributed by atoms with van der Waals surface area (Å²) in [5.41, 5.74) is 3.48. The van der Waals surface area contributed by atoms with Gasteiger partial charge in [0.05, 0.1) is 6.61 Å². The van der Waals surface area contributed by atoms with Crippen LogP contribution < -0.4 is 4.90 Å². The molecule has 5 nitrogen and oxygen atoms in total. The Balaban J connectivity index is 1.31. The molecule has 0 spiro atoms. The van der Waals surface area contributed by atoms with Crippen molar-refractivity contribution in [3.8, 4) is 11.4 Å². The Labute approximate surface area is 174 Å². The van der Waals surface area contributed by atoms with Crippen molar-refractivity contribution >= 4 is 23.4 Å². The minimum atomic E-state index is 0.192. The maximum absolute atomic E-state index is 6.31. The average Bonchev–Trinajstić information content (AvgIpc) is 3.18. The second-order valence-electron chi connectivity index (χ2n) is 7.11. The van der Waals surface area contributed by atoms with E-state index in [1.54, 1.807) is 11.8 Å². The predicted molar refractivity (Wildman–Crippen MR) is 113 cm³/mol. The first kappa shape index (κ1) is 19.5. The number of hydrogen-bond donors (Lipinski definition) is 2. The number of thioether (sulfide) groups is 1. The summed E-state index contributed by atoms with van der Waals surface area (Å²) in [5, 5.41) is 8.98. The zero-order chi connectivity index (χ0) is 19.3. The Bertz CT molecular complexity index is 915. The van der Waals surface area contributed by atoms with Crippen LogP contribution in [0.15, 0.2) is 53.7 Å². The highest BCUT2D eigenvalue weighted by Crippen LogP contribution is 2.21. The summed E-state index contributed by atoms with van der Waals surface area (Å²) in [7, 11) is 0. The van der Waals surface area contributed by atoms with Crippen LogP contribution in [0.5, 0.6) is 0 Å². The van der Waals surface area contributed by atoms with Crippen LogP contribution in [0.25, 0.3) is 11.4 Å². The fraction of sp³-hybridized carbons (Fsp3) is 0.333. The first-order valence-electron chi connectivity index (χ1n) is 9.48. The molecule has 0 aliphatic carbocycles. The third kappa shape index (κ3) is 4.94. The predicted octanol–water partition coefficient (Wildman–Crippen LogP) is 3.01. The molecule has 0 amide bonds. The molecule has 1 aliphatic heterocycles. The molecule has 2 N–H and O–H groups in total. The molecule has 1 unspecified atom stereocenters. The number of hydrogen-bond acceptors (Lipinski definition) is 4. The standard InChI is InChI=1S/C21H23ClN4OS/c1-15-6-8-16(9-7-15)20-23-21(25-24-20)28-14-18-13-26(10-11-27-18)12-17-4-2-3-5-19(17)22/h2-9,18H,10-14H2,1H3,(H,23,24,25)/p+1/t18-/m1/s1. The van der Waals surface area contributed by atoms with E-state index in [2.05, 4.69) is 52.4 Å². The fourth-order valence-corrected chi connectivity index (χ4v) is 4.37. The molecular formula is C21H24ClN4OS+. The number of nitrogens with one attached hydrogen (secondary N) is 2. The quantitative estimate of drug-likeness (QED) is 0.608. The molecule has 0 saturated carbocycles. The SMILES string of the molecule is Cc1ccc(-c2nc(SC[C@H]3C[NH+](Cc4ccccc4Cl)CCO3)n[nH]2)cc1. The van der Waals surface area contributed by atoms with Crippen LogP contribution in [0.4, 0.5) is 0 Å². The maximum atomic E-state index is 6.31. The summed E-state index contributed by atoms with van der Waals surface area (Å²) in [6.07, 6.45) is 0.192. The minimum absolute atomic E-state index is 0.192. The first-order valence-corrected chi connectivity index (χ1v) is 10.8. The third-order valence-electron chi connectivity index (χ3n) is 4.91. The van der Waals surface area contributed by atoms with E-state index in [0.717, 1.165) is 53.6 Å². The van der Waals surface area contributed by atoms with Crippen molar-refractivity contribution in [3.63, 3.8) is 0 Å². The Morgan fingerprint density at radius 2 is 2.04 bits per heavy atom. The summed E-state index contributed by atoms with van der Waals surface area (Å²) in [6.45, 7) is 5.75. The van der Waals surface area contributed by atoms with Crippen LogP contribution in [-0.4, -0.2) is 46.7 Å². The van der Waals surface area contributed by atoms with Crippen molar-refractivity contribution in [1.82, 2.24) is 15.2 Å². The summed E-state index contributed by atoms with van der Waals surface area (Å²) in [4.78, 5) is 6.11. The van der Waals surface area contributed by atoms with Gasteiger partial charge in [-0.1, -0.05) is 71.4 Å². The molecule has 3 aromatic rings. The van der Waals surface area contributed by atoms with Gasteiger partial charge >= 0.3 is 0 Å². The molecule has 1 aliphatic rings. The van der Waals surface area contributed by atoms with Gasteiger partial charge in [0.2, 0.25) is 5.16 Å². The van der Waals surface area contributed by atoms with Gasteiger partial charge in [-0.05, 0) is 13.0 Å². The van der Waals surface area contributed by atoms with Crippen LogP contribution >= 0.6 is 23.4 Å². The van der Waals surface area contributed by atoms with Crippen LogP contribution in [0.3, 0.4) is 0 Å². The lowest BCUT2D eigenvalue weighted by Crippen LogP contribution is -3.13. The number of morpholine rings is 1. The molecule has 2 heterocycles. The van der Waals surface area contributed by atoms with Gasteiger partial charge < -0.3 is 9.64 Å². The second-order valence-corrected chi connectivity index (χ2v) is 8.50. The lowest BCUT2D eigenvalue weighted by Gasteiger charge is -2.30. The smallest absolute Gasteiger partial charge is 0.208 e. The molecule has 4 rings (SSSR count). The number of rotatable bonds is 6. The van der Waals surface area contributed by atoms with Crippen LogP contribution in [0, 0.1) is 6.92 Å². The molecule has 28 heavy (non-hydrogen) atoms. The van der Waals surface area contributed by atoms with E-state index >= 15 is 0 Å². The topological polar surface area (TPSA) is 55.2 Å².